The Morgan fingerprint density at radius 2 is 1.83 bits per heavy atom. The van der Waals surface area contributed by atoms with E-state index in [0.29, 0.717) is 51.3 Å². The first-order chi connectivity index (χ1) is 22.1. The number of benzene rings is 2. The highest BCUT2D eigenvalue weighted by atomic mass is 19.1. The van der Waals surface area contributed by atoms with Crippen molar-refractivity contribution >= 4 is 23.6 Å². The van der Waals surface area contributed by atoms with E-state index in [0.717, 1.165) is 18.4 Å². The number of halogens is 1. The molecular formula is C35H47FN4O6. The number of nitrogens with one attached hydrogen (secondary N) is 3. The Labute approximate surface area is 270 Å². The van der Waals surface area contributed by atoms with Crippen LogP contribution in [0.4, 0.5) is 4.39 Å². The summed E-state index contributed by atoms with van der Waals surface area (Å²) in [5.41, 5.74) is 0.376. The van der Waals surface area contributed by atoms with Gasteiger partial charge >= 0.3 is 0 Å². The molecule has 2 aromatic rings. The van der Waals surface area contributed by atoms with Gasteiger partial charge in [0.25, 0.3) is 5.91 Å². The maximum Gasteiger partial charge on any atom is 0.255 e. The van der Waals surface area contributed by atoms with Crippen LogP contribution in [0.25, 0.3) is 0 Å². The van der Waals surface area contributed by atoms with Crippen LogP contribution in [-0.4, -0.2) is 80.1 Å². The van der Waals surface area contributed by atoms with E-state index in [1.165, 1.54) is 12.1 Å². The van der Waals surface area contributed by atoms with E-state index in [2.05, 4.69) is 16.0 Å². The van der Waals surface area contributed by atoms with Crippen molar-refractivity contribution in [2.45, 2.75) is 76.8 Å². The van der Waals surface area contributed by atoms with Gasteiger partial charge in [0.15, 0.2) is 0 Å². The minimum absolute atomic E-state index is 0.113. The Morgan fingerprint density at radius 1 is 1.07 bits per heavy atom. The summed E-state index contributed by atoms with van der Waals surface area (Å²) in [6.07, 6.45) is 2.84. The predicted molar refractivity (Wildman–Crippen MR) is 172 cm³/mol. The second kappa shape index (κ2) is 16.5. The van der Waals surface area contributed by atoms with Crippen LogP contribution in [0.1, 0.15) is 75.2 Å². The van der Waals surface area contributed by atoms with Gasteiger partial charge in [0.1, 0.15) is 30.3 Å². The minimum atomic E-state index is -1.25. The molecule has 2 heterocycles. The smallest absolute Gasteiger partial charge is 0.255 e. The molecule has 4 rings (SSSR count). The number of amides is 4. The topological polar surface area (TPSA) is 126 Å². The molecule has 1 saturated heterocycles. The van der Waals surface area contributed by atoms with E-state index in [9.17, 15) is 23.6 Å². The van der Waals surface area contributed by atoms with Crippen molar-refractivity contribution in [1.29, 1.82) is 0 Å². The molecule has 3 N–H and O–H groups in total. The number of hydrogen-bond donors (Lipinski definition) is 3. The average Bonchev–Trinajstić information content (AvgIpc) is 3.04. The number of carbonyl (C=O) groups excluding carboxylic acids is 4. The molecule has 0 saturated carbocycles. The van der Waals surface area contributed by atoms with E-state index < -0.39 is 35.2 Å². The predicted octanol–water partition coefficient (Wildman–Crippen LogP) is 3.73. The van der Waals surface area contributed by atoms with Gasteiger partial charge in [0, 0.05) is 31.7 Å². The molecule has 2 atom stereocenters. The molecule has 1 fully saturated rings. The fraction of sp³-hybridized carbons (Fsp3) is 0.543. The van der Waals surface area contributed by atoms with Crippen molar-refractivity contribution < 1.29 is 33.0 Å². The first-order valence-electron chi connectivity index (χ1n) is 16.3. The zero-order valence-corrected chi connectivity index (χ0v) is 27.1. The van der Waals surface area contributed by atoms with Crippen LogP contribution < -0.4 is 20.7 Å². The molecule has 2 aliphatic rings. The highest BCUT2D eigenvalue weighted by Gasteiger charge is 2.37. The highest BCUT2D eigenvalue weighted by molar-refractivity contribution is 6.01. The van der Waals surface area contributed by atoms with E-state index in [1.54, 1.807) is 35.2 Å². The third-order valence-corrected chi connectivity index (χ3v) is 8.68. The molecule has 11 heteroatoms. The Balaban J connectivity index is 1.62. The van der Waals surface area contributed by atoms with Gasteiger partial charge in [-0.15, -0.1) is 0 Å². The number of ether oxygens (including phenoxy) is 2. The first kappa shape index (κ1) is 34.9. The van der Waals surface area contributed by atoms with Crippen LogP contribution in [0.2, 0.25) is 0 Å². The van der Waals surface area contributed by atoms with Crippen molar-refractivity contribution in [3.05, 3.63) is 65.5 Å². The average molecular weight is 639 g/mol. The van der Waals surface area contributed by atoms with Crippen LogP contribution >= 0.6 is 0 Å². The highest BCUT2D eigenvalue weighted by Crippen LogP contribution is 2.34. The quantitative estimate of drug-likeness (QED) is 0.385. The van der Waals surface area contributed by atoms with E-state index in [4.69, 9.17) is 9.47 Å². The van der Waals surface area contributed by atoms with E-state index >= 15 is 0 Å². The molecule has 4 amide bonds. The third kappa shape index (κ3) is 9.28. The van der Waals surface area contributed by atoms with Gasteiger partial charge in [-0.05, 0) is 61.4 Å². The number of unbranched alkanes of at least 4 members (excludes halogenated alkanes) is 1. The molecule has 10 nitrogen and oxygen atoms in total. The summed E-state index contributed by atoms with van der Waals surface area (Å²) in [6.45, 7) is 8.01. The zero-order valence-electron chi connectivity index (χ0n) is 27.1. The third-order valence-electron chi connectivity index (χ3n) is 8.68. The molecule has 46 heavy (non-hydrogen) atoms. The van der Waals surface area contributed by atoms with Gasteiger partial charge in [-0.1, -0.05) is 51.5 Å². The molecule has 0 aliphatic carbocycles. The Hall–Kier alpha value is -3.99. The van der Waals surface area contributed by atoms with Crippen LogP contribution in [0, 0.1) is 11.7 Å². The zero-order chi connectivity index (χ0) is 33.1. The van der Waals surface area contributed by atoms with Crippen molar-refractivity contribution in [3.8, 4) is 5.75 Å². The van der Waals surface area contributed by atoms with Gasteiger partial charge in [0.05, 0.1) is 18.5 Å². The van der Waals surface area contributed by atoms with Crippen LogP contribution in [0.3, 0.4) is 0 Å². The lowest BCUT2D eigenvalue weighted by Gasteiger charge is -2.38. The molecular weight excluding hydrogens is 591 g/mol. The maximum atomic E-state index is 14.2. The van der Waals surface area contributed by atoms with E-state index in [-0.39, 0.29) is 42.8 Å². The lowest BCUT2D eigenvalue weighted by molar-refractivity contribution is -0.137. The minimum Gasteiger partial charge on any atom is -0.491 e. The molecule has 0 unspecified atom stereocenters. The summed E-state index contributed by atoms with van der Waals surface area (Å²) in [5.74, 6) is -1.80. The summed E-state index contributed by atoms with van der Waals surface area (Å²) >= 11 is 0. The van der Waals surface area contributed by atoms with E-state index in [1.807, 2.05) is 26.8 Å². The van der Waals surface area contributed by atoms with Gasteiger partial charge in [-0.25, -0.2) is 4.39 Å². The molecule has 0 spiro atoms. The molecule has 2 aliphatic heterocycles. The summed E-state index contributed by atoms with van der Waals surface area (Å²) in [6, 6.07) is 11.0. The van der Waals surface area contributed by atoms with Crippen molar-refractivity contribution in [2.75, 3.05) is 39.5 Å². The van der Waals surface area contributed by atoms with Crippen LogP contribution in [0.5, 0.6) is 5.75 Å². The van der Waals surface area contributed by atoms with Gasteiger partial charge in [-0.2, -0.15) is 0 Å². The molecule has 250 valence electrons. The summed E-state index contributed by atoms with van der Waals surface area (Å²) in [7, 11) is 0. The van der Waals surface area contributed by atoms with Crippen molar-refractivity contribution in [3.63, 3.8) is 0 Å². The Morgan fingerprint density at radius 3 is 2.54 bits per heavy atom. The lowest BCUT2D eigenvalue weighted by atomic mass is 9.74. The number of rotatable bonds is 9. The Bertz CT molecular complexity index is 1360. The summed E-state index contributed by atoms with van der Waals surface area (Å²) < 4.78 is 25.8. The van der Waals surface area contributed by atoms with Gasteiger partial charge in [-0.3, -0.25) is 19.2 Å². The van der Waals surface area contributed by atoms with Crippen LogP contribution in [0.15, 0.2) is 48.5 Å². The molecule has 0 bridgehead atoms. The molecule has 2 aromatic carbocycles. The molecule has 0 aromatic heterocycles. The van der Waals surface area contributed by atoms with Crippen molar-refractivity contribution in [1.82, 2.24) is 20.9 Å². The summed E-state index contributed by atoms with van der Waals surface area (Å²) in [5, 5.41) is 8.54. The number of nitrogens with zero attached hydrogens (tertiary/aromatic N) is 1. The standard InChI is InChI=1S/C35H47FN4O6/c1-4-5-15-40-16-19-46-30-12-7-6-11-27(30)32(42)39-28(22-31(41)38-29(34(40)44)20-24(2)3)33(43)37-23-35(13-17-45-18-14-35)25-9-8-10-26(36)21-25/h6-12,21,24,28-29H,4-5,13-20,22-23H2,1-3H3,(H,37,43)(H,38,41)(H,39,42)/t28-,29-/m0/s1. The monoisotopic (exact) mass is 638 g/mol. The van der Waals surface area contributed by atoms with Crippen molar-refractivity contribution in [2.24, 2.45) is 5.92 Å². The van der Waals surface area contributed by atoms with Crippen LogP contribution in [-0.2, 0) is 24.5 Å². The maximum absolute atomic E-state index is 14.2. The lowest BCUT2D eigenvalue weighted by Crippen LogP contribution is -2.55. The second-order valence-corrected chi connectivity index (χ2v) is 12.6. The van der Waals surface area contributed by atoms with Gasteiger partial charge in [0.2, 0.25) is 17.7 Å². The summed E-state index contributed by atoms with van der Waals surface area (Å²) in [4.78, 5) is 56.3. The number of carbonyl (C=O) groups is 4. The number of hydrogen-bond acceptors (Lipinski definition) is 6. The fourth-order valence-corrected chi connectivity index (χ4v) is 6.05. The molecule has 0 radical (unpaired) electrons. The fourth-order valence-electron chi connectivity index (χ4n) is 6.05. The second-order valence-electron chi connectivity index (χ2n) is 12.6. The van der Waals surface area contributed by atoms with Gasteiger partial charge < -0.3 is 30.3 Å². The Kier molecular flexibility index (Phi) is 12.5. The SMILES string of the molecule is CCCCN1CCOc2ccccc2C(=O)N[C@H](C(=O)NCC2(c3cccc(F)c3)CCOCC2)CC(=O)N[C@@H](CC(C)C)C1=O. The normalized spacial score (nSPS) is 21.0. The largest absolute Gasteiger partial charge is 0.491 e. The first-order valence-corrected chi connectivity index (χ1v) is 16.3. The number of fused-ring (bicyclic) bond motifs is 1. The number of para-hydroxylation sites is 1.